The van der Waals surface area contributed by atoms with Gasteiger partial charge in [-0.2, -0.15) is 11.8 Å². The smallest absolute Gasteiger partial charge is 0.227 e. The van der Waals surface area contributed by atoms with Crippen LogP contribution in [-0.4, -0.2) is 53.0 Å². The third kappa shape index (κ3) is 8.26. The van der Waals surface area contributed by atoms with Gasteiger partial charge in [-0.25, -0.2) is 0 Å². The minimum absolute atomic E-state index is 0.0344. The summed E-state index contributed by atoms with van der Waals surface area (Å²) in [4.78, 5) is 23.3. The van der Waals surface area contributed by atoms with E-state index in [4.69, 9.17) is 10.8 Å². The van der Waals surface area contributed by atoms with Gasteiger partial charge in [-0.15, -0.1) is 0 Å². The molecule has 15 heavy (non-hydrogen) atoms. The van der Waals surface area contributed by atoms with Crippen molar-refractivity contribution in [2.45, 2.75) is 19.4 Å². The van der Waals surface area contributed by atoms with Gasteiger partial charge >= 0.3 is 0 Å². The summed E-state index contributed by atoms with van der Waals surface area (Å²) in [7, 11) is 1.65. The number of carbonyl (C=O) groups is 2. The van der Waals surface area contributed by atoms with Crippen molar-refractivity contribution < 1.29 is 14.7 Å². The predicted octanol–water partition coefficient (Wildman–Crippen LogP) is -0.566. The van der Waals surface area contributed by atoms with E-state index in [0.29, 0.717) is 18.7 Å². The SMILES string of the molecule is CC(O)CN(C)C(=O)CCSCC(N)=O. The minimum atomic E-state index is -0.516. The van der Waals surface area contributed by atoms with Crippen molar-refractivity contribution in [2.75, 3.05) is 25.1 Å². The zero-order chi connectivity index (χ0) is 11.8. The Labute approximate surface area is 94.0 Å². The van der Waals surface area contributed by atoms with E-state index < -0.39 is 6.10 Å². The largest absolute Gasteiger partial charge is 0.392 e. The van der Waals surface area contributed by atoms with E-state index in [1.807, 2.05) is 0 Å². The third-order valence-electron chi connectivity index (χ3n) is 1.67. The van der Waals surface area contributed by atoms with Gasteiger partial charge in [-0.1, -0.05) is 0 Å². The first kappa shape index (κ1) is 14.2. The summed E-state index contributed by atoms with van der Waals surface area (Å²) in [5, 5.41) is 9.06. The Balaban J connectivity index is 3.60. The first-order valence-corrected chi connectivity index (χ1v) is 5.87. The summed E-state index contributed by atoms with van der Waals surface area (Å²) < 4.78 is 0. The van der Waals surface area contributed by atoms with Crippen LogP contribution in [0.2, 0.25) is 0 Å². The lowest BCUT2D eigenvalue weighted by Crippen LogP contribution is -2.33. The molecule has 0 aliphatic heterocycles. The normalized spacial score (nSPS) is 12.2. The number of hydrogen-bond acceptors (Lipinski definition) is 4. The fourth-order valence-electron chi connectivity index (χ4n) is 1.02. The van der Waals surface area contributed by atoms with E-state index in [1.54, 1.807) is 14.0 Å². The van der Waals surface area contributed by atoms with Gasteiger partial charge in [0, 0.05) is 25.8 Å². The molecule has 0 radical (unpaired) electrons. The predicted molar refractivity (Wildman–Crippen MR) is 60.5 cm³/mol. The number of thioether (sulfide) groups is 1. The Hall–Kier alpha value is -0.750. The zero-order valence-corrected chi connectivity index (χ0v) is 9.92. The second-order valence-electron chi connectivity index (χ2n) is 3.39. The number of rotatable bonds is 7. The lowest BCUT2D eigenvalue weighted by atomic mass is 10.3. The number of nitrogens with zero attached hydrogens (tertiary/aromatic N) is 1. The molecule has 0 aliphatic rings. The molecule has 0 rings (SSSR count). The van der Waals surface area contributed by atoms with Crippen molar-refractivity contribution in [3.05, 3.63) is 0 Å². The highest BCUT2D eigenvalue weighted by Gasteiger charge is 2.10. The molecule has 2 amide bonds. The Morgan fingerprint density at radius 2 is 2.13 bits per heavy atom. The average molecular weight is 234 g/mol. The van der Waals surface area contributed by atoms with E-state index in [1.165, 1.54) is 16.7 Å². The minimum Gasteiger partial charge on any atom is -0.392 e. The van der Waals surface area contributed by atoms with Gasteiger partial charge < -0.3 is 15.7 Å². The summed E-state index contributed by atoms with van der Waals surface area (Å²) in [6.07, 6.45) is -0.154. The molecule has 0 heterocycles. The fourth-order valence-corrected chi connectivity index (χ4v) is 1.69. The van der Waals surface area contributed by atoms with Gasteiger partial charge in [0.1, 0.15) is 0 Å². The Kier molecular flexibility index (Phi) is 7.15. The van der Waals surface area contributed by atoms with Crippen LogP contribution in [0.1, 0.15) is 13.3 Å². The van der Waals surface area contributed by atoms with E-state index >= 15 is 0 Å². The van der Waals surface area contributed by atoms with Crippen molar-refractivity contribution in [3.63, 3.8) is 0 Å². The average Bonchev–Trinajstić information content (AvgIpc) is 2.10. The van der Waals surface area contributed by atoms with E-state index in [-0.39, 0.29) is 17.6 Å². The van der Waals surface area contributed by atoms with E-state index in [2.05, 4.69) is 0 Å². The maximum Gasteiger partial charge on any atom is 0.227 e. The maximum atomic E-state index is 11.4. The highest BCUT2D eigenvalue weighted by molar-refractivity contribution is 7.99. The highest BCUT2D eigenvalue weighted by atomic mass is 32.2. The van der Waals surface area contributed by atoms with Gasteiger partial charge in [0.2, 0.25) is 11.8 Å². The van der Waals surface area contributed by atoms with Crippen LogP contribution in [0.15, 0.2) is 0 Å². The van der Waals surface area contributed by atoms with Crippen LogP contribution in [0.4, 0.5) is 0 Å². The molecule has 6 heteroatoms. The van der Waals surface area contributed by atoms with Crippen molar-refractivity contribution in [2.24, 2.45) is 5.73 Å². The van der Waals surface area contributed by atoms with Gasteiger partial charge in [-0.3, -0.25) is 9.59 Å². The summed E-state index contributed by atoms with van der Waals surface area (Å²) in [5.41, 5.74) is 4.95. The Morgan fingerprint density at radius 1 is 1.53 bits per heavy atom. The molecule has 0 aromatic rings. The summed E-state index contributed by atoms with van der Waals surface area (Å²) in [6, 6.07) is 0. The molecule has 0 aromatic heterocycles. The van der Waals surface area contributed by atoms with Gasteiger partial charge in [-0.05, 0) is 6.92 Å². The standard InChI is InChI=1S/C9H18N2O3S/c1-7(12)5-11(2)9(14)3-4-15-6-8(10)13/h7,12H,3-6H2,1-2H3,(H2,10,13). The zero-order valence-electron chi connectivity index (χ0n) is 9.10. The molecule has 1 atom stereocenters. The Bertz CT molecular complexity index is 221. The summed E-state index contributed by atoms with van der Waals surface area (Å²) in [6.45, 7) is 1.96. The number of aliphatic hydroxyl groups excluding tert-OH is 1. The van der Waals surface area contributed by atoms with Crippen LogP contribution in [0.3, 0.4) is 0 Å². The van der Waals surface area contributed by atoms with Crippen molar-refractivity contribution in [1.82, 2.24) is 4.90 Å². The topological polar surface area (TPSA) is 83.6 Å². The van der Waals surface area contributed by atoms with Crippen molar-refractivity contribution in [1.29, 1.82) is 0 Å². The molecule has 88 valence electrons. The first-order chi connectivity index (χ1) is 6.93. The number of nitrogens with two attached hydrogens (primary N) is 1. The molecular weight excluding hydrogens is 216 g/mol. The molecule has 0 saturated heterocycles. The molecule has 0 fully saturated rings. The van der Waals surface area contributed by atoms with Crippen LogP contribution < -0.4 is 5.73 Å². The molecule has 0 aromatic carbocycles. The molecule has 3 N–H and O–H groups in total. The second-order valence-corrected chi connectivity index (χ2v) is 4.50. The Morgan fingerprint density at radius 3 is 2.60 bits per heavy atom. The molecule has 0 spiro atoms. The molecule has 0 saturated carbocycles. The number of aliphatic hydroxyl groups is 1. The van der Waals surface area contributed by atoms with E-state index in [0.717, 1.165) is 0 Å². The van der Waals surface area contributed by atoms with Gasteiger partial charge in [0.05, 0.1) is 11.9 Å². The second kappa shape index (κ2) is 7.53. The molecule has 0 bridgehead atoms. The molecular formula is C9H18N2O3S. The number of carbonyl (C=O) groups excluding carboxylic acids is 2. The van der Waals surface area contributed by atoms with Crippen molar-refractivity contribution >= 4 is 23.6 Å². The lowest BCUT2D eigenvalue weighted by Gasteiger charge is -2.18. The number of primary amides is 1. The highest BCUT2D eigenvalue weighted by Crippen LogP contribution is 2.03. The van der Waals surface area contributed by atoms with Crippen LogP contribution >= 0.6 is 11.8 Å². The third-order valence-corrected chi connectivity index (χ3v) is 2.65. The molecule has 0 aliphatic carbocycles. The fraction of sp³-hybridized carbons (Fsp3) is 0.778. The van der Waals surface area contributed by atoms with Gasteiger partial charge in [0.15, 0.2) is 0 Å². The number of hydrogen-bond donors (Lipinski definition) is 2. The van der Waals surface area contributed by atoms with Crippen molar-refractivity contribution in [3.8, 4) is 0 Å². The number of likely N-dealkylation sites (N-methyl/N-ethyl adjacent to an activating group) is 1. The first-order valence-electron chi connectivity index (χ1n) is 4.71. The molecule has 1 unspecified atom stereocenters. The van der Waals surface area contributed by atoms with Crippen LogP contribution in [-0.2, 0) is 9.59 Å². The number of amides is 2. The summed E-state index contributed by atoms with van der Waals surface area (Å²) in [5.74, 6) is 0.414. The van der Waals surface area contributed by atoms with Crippen LogP contribution in [0.25, 0.3) is 0 Å². The van der Waals surface area contributed by atoms with E-state index in [9.17, 15) is 9.59 Å². The summed E-state index contributed by atoms with van der Waals surface area (Å²) >= 11 is 1.34. The van der Waals surface area contributed by atoms with Crippen LogP contribution in [0.5, 0.6) is 0 Å². The monoisotopic (exact) mass is 234 g/mol. The van der Waals surface area contributed by atoms with Crippen LogP contribution in [0, 0.1) is 0 Å². The molecule has 5 nitrogen and oxygen atoms in total. The quantitative estimate of drug-likeness (QED) is 0.578. The lowest BCUT2D eigenvalue weighted by molar-refractivity contribution is -0.130. The van der Waals surface area contributed by atoms with Gasteiger partial charge in [0.25, 0.3) is 0 Å². The maximum absolute atomic E-state index is 11.4.